The molecule has 8 heteroatoms. The molecule has 2 aliphatic carbocycles. The number of aryl methyl sites for hydroxylation is 2. The minimum Gasteiger partial charge on any atom is -0.334 e. The van der Waals surface area contributed by atoms with Crippen molar-refractivity contribution in [2.75, 3.05) is 29.4 Å². The molecule has 0 saturated heterocycles. The van der Waals surface area contributed by atoms with E-state index >= 15 is 0 Å². The molecule has 2 saturated carbocycles. The molecule has 2 fully saturated rings. The summed E-state index contributed by atoms with van der Waals surface area (Å²) in [4.78, 5) is 16.3. The van der Waals surface area contributed by atoms with Crippen LogP contribution < -0.4 is 62.2 Å². The first-order valence-electron chi connectivity index (χ1n) is 56.0. The molecule has 16 aromatic carbocycles. The number of rotatable bonds is 15. The molecule has 6 heterocycles. The van der Waals surface area contributed by atoms with Gasteiger partial charge in [-0.15, -0.1) is 0 Å². The lowest BCUT2D eigenvalue weighted by atomic mass is 9.33. The molecule has 16 aromatic rings. The molecular weight excluding hydrogens is 1810 g/mol. The lowest BCUT2D eigenvalue weighted by Gasteiger charge is -2.50. The van der Waals surface area contributed by atoms with E-state index in [1.165, 1.54) is 255 Å². The lowest BCUT2D eigenvalue weighted by molar-refractivity contribution is 0.195. The Morgan fingerprint density at radius 1 is 0.227 bits per heavy atom. The number of nitrogens with zero attached hydrogens (tertiary/aromatic N) is 6. The molecule has 0 bridgehead atoms. The van der Waals surface area contributed by atoms with Gasteiger partial charge in [-0.05, 0) is 365 Å². The number of benzene rings is 16. The van der Waals surface area contributed by atoms with Crippen molar-refractivity contribution >= 4 is 137 Å². The maximum absolute atomic E-state index is 2.82. The Labute approximate surface area is 896 Å². The van der Waals surface area contributed by atoms with Crippen LogP contribution in [-0.2, 0) is 48.7 Å². The van der Waals surface area contributed by atoms with Gasteiger partial charge in [0, 0.05) is 102 Å². The molecule has 6 aliphatic heterocycles. The molecule has 0 N–H and O–H groups in total. The van der Waals surface area contributed by atoms with Crippen LogP contribution in [0.25, 0.3) is 44.5 Å². The van der Waals surface area contributed by atoms with Crippen LogP contribution in [0.1, 0.15) is 285 Å². The molecule has 0 radical (unpaired) electrons. The quantitative estimate of drug-likeness (QED) is 0.0946. The van der Waals surface area contributed by atoms with Gasteiger partial charge in [0.15, 0.2) is 0 Å². The van der Waals surface area contributed by atoms with Crippen LogP contribution in [0.3, 0.4) is 0 Å². The van der Waals surface area contributed by atoms with Gasteiger partial charge in [0.25, 0.3) is 13.4 Å². The van der Waals surface area contributed by atoms with Crippen LogP contribution in [0.4, 0.5) is 91.0 Å². The van der Waals surface area contributed by atoms with Gasteiger partial charge in [-0.1, -0.05) is 371 Å². The minimum atomic E-state index is -0.202. The lowest BCUT2D eigenvalue weighted by Crippen LogP contribution is -2.61. The highest BCUT2D eigenvalue weighted by molar-refractivity contribution is 7.01. The van der Waals surface area contributed by atoms with E-state index in [0.717, 1.165) is 38.5 Å². The zero-order valence-electron chi connectivity index (χ0n) is 93.7. The Bertz CT molecular complexity index is 8070. The molecule has 0 spiro atoms. The van der Waals surface area contributed by atoms with Crippen LogP contribution >= 0.6 is 0 Å². The van der Waals surface area contributed by atoms with Crippen molar-refractivity contribution < 1.29 is 0 Å². The fraction of sp³-hybridized carbons (Fsp3) is 0.324. The summed E-state index contributed by atoms with van der Waals surface area (Å²) in [7, 11) is 0. The van der Waals surface area contributed by atoms with Crippen LogP contribution in [0.15, 0.2) is 334 Å². The zero-order valence-corrected chi connectivity index (χ0v) is 93.7. The molecule has 150 heavy (non-hydrogen) atoms. The van der Waals surface area contributed by atoms with E-state index in [-0.39, 0.29) is 73.2 Å². The standard InChI is InChI=1S/C142H150B2N6/c1-91-79-126-130-128(81-91)147(118-71-57-102(133(6,7)8)85-110(118)95-41-31-27-32-42-95)122-87-104(135(12,13)14)55-65-114(122)143(130)116-67-63-108(89-124(116)145(126)106-59-51-99(52-60-106)132(3,4)5)150-121-70-48-98(84-113(121)140(23)74-36-38-76-142(140,150)25)94-45-49-100(50-46-94)137(18,19)77-78-138(20,21)101-53-61-107(62-54-101)146-125-90-109(149-120-69-47-97(93-39-29-26-30-40-93)83-112(120)139(22)73-35-37-75-141(139,149)24)64-68-117(125)144-115-66-56-105(136(15,16)17)88-123(115)148(129-82-92(2)80-127(146)131(129)144)119-72-58-103(134(9,10)11)86-111(119)96-43-33-28-34-44-96/h26-34,39-72,79-90H,35-38,73-78H2,1-25H3. The van der Waals surface area contributed by atoms with E-state index in [9.17, 15) is 0 Å². The number of fused-ring (bicyclic) bond motifs is 14. The second kappa shape index (κ2) is 35.0. The van der Waals surface area contributed by atoms with Crippen LogP contribution in [0, 0.1) is 13.8 Å². The first kappa shape index (κ1) is 98.5. The van der Waals surface area contributed by atoms with Crippen molar-refractivity contribution in [1.29, 1.82) is 0 Å². The summed E-state index contributed by atoms with van der Waals surface area (Å²) in [5, 5.41) is 0. The highest BCUT2D eigenvalue weighted by Gasteiger charge is 2.61. The van der Waals surface area contributed by atoms with E-state index in [1.807, 2.05) is 0 Å². The number of hydrogen-bond acceptors (Lipinski definition) is 6. The average molecular weight is 1960 g/mol. The van der Waals surface area contributed by atoms with E-state index in [0.29, 0.717) is 0 Å². The van der Waals surface area contributed by atoms with Crippen molar-refractivity contribution in [2.24, 2.45) is 0 Å². The van der Waals surface area contributed by atoms with Crippen molar-refractivity contribution in [2.45, 2.75) is 297 Å². The molecule has 0 amide bonds. The van der Waals surface area contributed by atoms with Crippen LogP contribution in [0.2, 0.25) is 0 Å². The third-order valence-electron chi connectivity index (χ3n) is 37.6. The predicted molar refractivity (Wildman–Crippen MR) is 647 cm³/mol. The first-order chi connectivity index (χ1) is 71.3. The Hall–Kier alpha value is -13.6. The van der Waals surface area contributed by atoms with E-state index < -0.39 is 0 Å². The fourth-order valence-corrected chi connectivity index (χ4v) is 28.1. The summed E-state index contributed by atoms with van der Waals surface area (Å²) in [5.74, 6) is 0. The van der Waals surface area contributed by atoms with E-state index in [1.54, 1.807) is 0 Å². The average Bonchev–Trinajstić information content (AvgIpc) is 1.38. The summed E-state index contributed by atoms with van der Waals surface area (Å²) in [6, 6.07) is 133. The van der Waals surface area contributed by atoms with Gasteiger partial charge in [0.2, 0.25) is 0 Å². The smallest absolute Gasteiger partial charge is 0.252 e. The summed E-state index contributed by atoms with van der Waals surface area (Å²) in [6.07, 6.45) is 11.3. The first-order valence-corrected chi connectivity index (χ1v) is 56.0. The van der Waals surface area contributed by atoms with Crippen molar-refractivity contribution in [3.05, 3.63) is 395 Å². The van der Waals surface area contributed by atoms with Gasteiger partial charge in [0.05, 0.1) is 22.5 Å². The maximum atomic E-state index is 2.82. The largest absolute Gasteiger partial charge is 0.334 e. The summed E-state index contributed by atoms with van der Waals surface area (Å²) in [5.41, 5.74) is 51.4. The molecule has 8 aliphatic rings. The SMILES string of the molecule is Cc1cc2c3c(c1)N(c1ccc(C(C)(C)C)cc1-c1ccccc1)c1cc(C(C)(C)C)ccc1B3c1ccc(N3c4ccc(-c5ccc(C(C)(C)CCC(C)(C)c6ccc(N7c8cc(N9c%10ccc(-c%11ccccc%11)cc%10C%10(C)CCCCC9%10C)ccc8B8c9ccc(C(C)(C)C)cc9N(c9ccc(C(C)(C)C)cc9-c9ccccc9)c9cc(C)cc7c98)cc6)cc5)cc4C4(C)CCCCC34C)cc1N2c1ccc(C(C)(C)C)cc1. The second-order valence-electron chi connectivity index (χ2n) is 53.2. The summed E-state index contributed by atoms with van der Waals surface area (Å²) < 4.78 is 0. The van der Waals surface area contributed by atoms with Crippen molar-refractivity contribution in [3.8, 4) is 44.5 Å². The number of anilines is 16. The molecule has 4 unspecified atom stereocenters. The molecular formula is C142H150B2N6. The highest BCUT2D eigenvalue weighted by Crippen LogP contribution is 2.65. The van der Waals surface area contributed by atoms with Gasteiger partial charge in [-0.3, -0.25) is 0 Å². The highest BCUT2D eigenvalue weighted by atomic mass is 15.3. The van der Waals surface area contributed by atoms with Gasteiger partial charge in [-0.25, -0.2) is 0 Å². The molecule has 24 rings (SSSR count). The normalized spacial score (nSPS) is 19.1. The Morgan fingerprint density at radius 2 is 0.507 bits per heavy atom. The molecule has 6 nitrogen and oxygen atoms in total. The minimum absolute atomic E-state index is 0.0180. The Kier molecular flexibility index (Phi) is 23.0. The fourth-order valence-electron chi connectivity index (χ4n) is 28.1. The Morgan fingerprint density at radius 3 is 0.873 bits per heavy atom. The van der Waals surface area contributed by atoms with Gasteiger partial charge < -0.3 is 29.4 Å². The predicted octanol–water partition coefficient (Wildman–Crippen LogP) is 35.1. The molecule has 754 valence electrons. The van der Waals surface area contributed by atoms with Crippen molar-refractivity contribution in [3.63, 3.8) is 0 Å². The second-order valence-corrected chi connectivity index (χ2v) is 53.2. The summed E-state index contributed by atoms with van der Waals surface area (Å²) in [6.45, 7) is 60.2. The maximum Gasteiger partial charge on any atom is 0.252 e. The Balaban J connectivity index is 0.567. The van der Waals surface area contributed by atoms with Gasteiger partial charge in [0.1, 0.15) is 0 Å². The topological polar surface area (TPSA) is 19.4 Å². The van der Waals surface area contributed by atoms with E-state index in [4.69, 9.17) is 0 Å². The van der Waals surface area contributed by atoms with Crippen LogP contribution in [0.5, 0.6) is 0 Å². The third kappa shape index (κ3) is 15.8. The molecule has 0 aromatic heterocycles. The monoisotopic (exact) mass is 1960 g/mol. The summed E-state index contributed by atoms with van der Waals surface area (Å²) >= 11 is 0. The number of hydrogen-bond donors (Lipinski definition) is 0. The zero-order chi connectivity index (χ0) is 105. The third-order valence-corrected chi connectivity index (χ3v) is 37.6. The van der Waals surface area contributed by atoms with Crippen molar-refractivity contribution in [1.82, 2.24) is 0 Å². The van der Waals surface area contributed by atoms with Gasteiger partial charge in [-0.2, -0.15) is 0 Å². The van der Waals surface area contributed by atoms with Crippen LogP contribution in [-0.4, -0.2) is 24.5 Å². The van der Waals surface area contributed by atoms with E-state index in [2.05, 4.69) is 536 Å². The molecule has 4 atom stereocenters. The van der Waals surface area contributed by atoms with Gasteiger partial charge >= 0.3 is 0 Å².